The van der Waals surface area contributed by atoms with Gasteiger partial charge in [-0.25, -0.2) is 9.48 Å². The van der Waals surface area contributed by atoms with Crippen molar-refractivity contribution in [3.8, 4) is 0 Å². The van der Waals surface area contributed by atoms with E-state index in [-0.39, 0.29) is 11.9 Å². The van der Waals surface area contributed by atoms with Gasteiger partial charge in [-0.05, 0) is 46.8 Å². The second kappa shape index (κ2) is 9.16. The number of hydrogen-bond donors (Lipinski definition) is 2. The molecule has 28 heavy (non-hydrogen) atoms. The average molecular weight is 386 g/mol. The lowest BCUT2D eigenvalue weighted by molar-refractivity contribution is -0.154. The van der Waals surface area contributed by atoms with E-state index in [4.69, 9.17) is 4.74 Å². The van der Waals surface area contributed by atoms with Gasteiger partial charge in [-0.15, -0.1) is 0 Å². The lowest BCUT2D eigenvalue weighted by Crippen LogP contribution is -2.42. The second-order valence-electron chi connectivity index (χ2n) is 6.89. The van der Waals surface area contributed by atoms with Gasteiger partial charge in [0.2, 0.25) is 0 Å². The summed E-state index contributed by atoms with van der Waals surface area (Å²) in [6.07, 6.45) is 0.552. The minimum absolute atomic E-state index is 0.0695. The smallest absolute Gasteiger partial charge is 0.329 e. The van der Waals surface area contributed by atoms with Gasteiger partial charge in [0.25, 0.3) is 11.8 Å². The minimum Gasteiger partial charge on any atom is -0.451 e. The topological polar surface area (TPSA) is 102 Å². The van der Waals surface area contributed by atoms with Gasteiger partial charge in [-0.3, -0.25) is 9.59 Å². The number of anilines is 1. The third-order valence-corrected chi connectivity index (χ3v) is 4.05. The van der Waals surface area contributed by atoms with Crippen LogP contribution in [-0.2, 0) is 14.3 Å². The van der Waals surface area contributed by atoms with E-state index in [1.807, 2.05) is 26.8 Å². The number of esters is 1. The number of nitrogens with one attached hydrogen (secondary N) is 2. The number of carbonyl (C=O) groups is 3. The van der Waals surface area contributed by atoms with Crippen molar-refractivity contribution in [3.05, 3.63) is 47.7 Å². The highest BCUT2D eigenvalue weighted by Gasteiger charge is 2.24. The Hall–Kier alpha value is -3.16. The Morgan fingerprint density at radius 3 is 2.46 bits per heavy atom. The number of nitrogens with zero attached hydrogens (tertiary/aromatic N) is 2. The molecule has 0 bridgehead atoms. The molecule has 0 spiro atoms. The third kappa shape index (κ3) is 5.42. The molecule has 1 aromatic heterocycles. The minimum atomic E-state index is -1.03. The number of aryl methyl sites for hydroxylation is 1. The summed E-state index contributed by atoms with van der Waals surface area (Å²) in [4.78, 5) is 36.8. The van der Waals surface area contributed by atoms with Crippen molar-refractivity contribution in [2.24, 2.45) is 0 Å². The van der Waals surface area contributed by atoms with Crippen molar-refractivity contribution >= 4 is 23.6 Å². The van der Waals surface area contributed by atoms with Crippen LogP contribution in [-0.4, -0.2) is 39.7 Å². The quantitative estimate of drug-likeness (QED) is 0.712. The largest absolute Gasteiger partial charge is 0.451 e. The van der Waals surface area contributed by atoms with Gasteiger partial charge in [0, 0.05) is 17.7 Å². The first-order chi connectivity index (χ1) is 13.2. The summed E-state index contributed by atoms with van der Waals surface area (Å²) < 4.78 is 6.84. The number of benzene rings is 1. The number of carbonyl (C=O) groups excluding carboxylic acids is 3. The van der Waals surface area contributed by atoms with Crippen molar-refractivity contribution in [2.75, 3.05) is 5.32 Å². The number of ether oxygens (including phenoxy) is 1. The predicted molar refractivity (Wildman–Crippen MR) is 105 cm³/mol. The Bertz CT molecular complexity index is 859. The molecule has 1 heterocycles. The standard InChI is InChI=1S/C20H26N4O4/c1-12(2)24-17(9-10-21-24)23-18(25)15(5)28-20(27)14(4)22-19(26)16-8-6-7-13(3)11-16/h6-12,14-15H,1-5H3,(H,22,26)(H,23,25)/t14-,15-/m1/s1. The molecule has 0 fully saturated rings. The van der Waals surface area contributed by atoms with Gasteiger partial charge in [-0.1, -0.05) is 17.7 Å². The van der Waals surface area contributed by atoms with E-state index in [2.05, 4.69) is 15.7 Å². The molecule has 2 amide bonds. The summed E-state index contributed by atoms with van der Waals surface area (Å²) >= 11 is 0. The summed E-state index contributed by atoms with van der Waals surface area (Å²) in [5.41, 5.74) is 1.39. The summed E-state index contributed by atoms with van der Waals surface area (Å²) in [5, 5.41) is 9.40. The van der Waals surface area contributed by atoms with Gasteiger partial charge in [0.1, 0.15) is 11.9 Å². The molecule has 150 valence electrons. The van der Waals surface area contributed by atoms with E-state index in [0.717, 1.165) is 5.56 Å². The lowest BCUT2D eigenvalue weighted by atomic mass is 10.1. The Morgan fingerprint density at radius 1 is 1.11 bits per heavy atom. The molecule has 2 aromatic rings. The number of aromatic nitrogens is 2. The molecule has 2 atom stereocenters. The van der Waals surface area contributed by atoms with Gasteiger partial charge in [0.15, 0.2) is 6.10 Å². The first-order valence-electron chi connectivity index (χ1n) is 9.11. The van der Waals surface area contributed by atoms with Crippen LogP contribution in [0.3, 0.4) is 0 Å². The van der Waals surface area contributed by atoms with Crippen molar-refractivity contribution in [1.29, 1.82) is 0 Å². The Kier molecular flexibility index (Phi) is 6.92. The van der Waals surface area contributed by atoms with Crippen molar-refractivity contribution in [3.63, 3.8) is 0 Å². The fourth-order valence-corrected chi connectivity index (χ4v) is 2.51. The summed E-state index contributed by atoms with van der Waals surface area (Å²) in [5.74, 6) is -1.04. The zero-order chi connectivity index (χ0) is 20.8. The molecule has 0 aliphatic rings. The van der Waals surface area contributed by atoms with E-state index in [9.17, 15) is 14.4 Å². The number of rotatable bonds is 7. The highest BCUT2D eigenvalue weighted by molar-refractivity contribution is 5.98. The fourth-order valence-electron chi connectivity index (χ4n) is 2.51. The lowest BCUT2D eigenvalue weighted by Gasteiger charge is -2.18. The predicted octanol–water partition coefficient (Wildman–Crippen LogP) is 2.46. The van der Waals surface area contributed by atoms with Gasteiger partial charge in [0.05, 0.1) is 6.20 Å². The van der Waals surface area contributed by atoms with Crippen LogP contribution >= 0.6 is 0 Å². The molecule has 8 heteroatoms. The molecule has 0 unspecified atom stereocenters. The summed E-state index contributed by atoms with van der Waals surface area (Å²) in [6, 6.07) is 7.86. The van der Waals surface area contributed by atoms with E-state index < -0.39 is 24.0 Å². The van der Waals surface area contributed by atoms with Crippen LogP contribution in [0.5, 0.6) is 0 Å². The normalized spacial score (nSPS) is 12.9. The van der Waals surface area contributed by atoms with Crippen LogP contribution in [0.15, 0.2) is 36.5 Å². The summed E-state index contributed by atoms with van der Waals surface area (Å²) in [6.45, 7) is 8.72. The Labute approximate surface area is 164 Å². The molecular formula is C20H26N4O4. The molecule has 0 saturated heterocycles. The van der Waals surface area contributed by atoms with E-state index in [1.54, 1.807) is 35.1 Å². The molecular weight excluding hydrogens is 360 g/mol. The van der Waals surface area contributed by atoms with Crippen molar-refractivity contribution in [2.45, 2.75) is 52.8 Å². The SMILES string of the molecule is Cc1cccc(C(=O)N[C@H](C)C(=O)O[C@H](C)C(=O)Nc2ccnn2C(C)C)c1. The van der Waals surface area contributed by atoms with E-state index >= 15 is 0 Å². The maximum Gasteiger partial charge on any atom is 0.329 e. The van der Waals surface area contributed by atoms with Gasteiger partial charge >= 0.3 is 5.97 Å². The average Bonchev–Trinajstić information content (AvgIpc) is 3.09. The Morgan fingerprint density at radius 2 is 1.82 bits per heavy atom. The zero-order valence-electron chi connectivity index (χ0n) is 16.7. The maximum atomic E-state index is 12.3. The van der Waals surface area contributed by atoms with Crippen LogP contribution in [0.2, 0.25) is 0 Å². The molecule has 0 saturated carbocycles. The van der Waals surface area contributed by atoms with Crippen molar-refractivity contribution in [1.82, 2.24) is 15.1 Å². The van der Waals surface area contributed by atoms with Crippen LogP contribution in [0.25, 0.3) is 0 Å². The van der Waals surface area contributed by atoms with Crippen LogP contribution in [0, 0.1) is 6.92 Å². The van der Waals surface area contributed by atoms with Crippen molar-refractivity contribution < 1.29 is 19.1 Å². The number of amides is 2. The first-order valence-corrected chi connectivity index (χ1v) is 9.11. The Balaban J connectivity index is 1.90. The summed E-state index contributed by atoms with van der Waals surface area (Å²) in [7, 11) is 0. The highest BCUT2D eigenvalue weighted by atomic mass is 16.5. The first kappa shape index (κ1) is 21.1. The molecule has 2 N–H and O–H groups in total. The third-order valence-electron chi connectivity index (χ3n) is 4.05. The van der Waals surface area contributed by atoms with Crippen LogP contribution in [0.4, 0.5) is 5.82 Å². The van der Waals surface area contributed by atoms with Crippen LogP contribution < -0.4 is 10.6 Å². The van der Waals surface area contributed by atoms with E-state index in [0.29, 0.717) is 11.4 Å². The highest BCUT2D eigenvalue weighted by Crippen LogP contribution is 2.13. The zero-order valence-corrected chi connectivity index (χ0v) is 16.7. The number of hydrogen-bond acceptors (Lipinski definition) is 5. The maximum absolute atomic E-state index is 12.3. The van der Waals surface area contributed by atoms with Gasteiger partial charge < -0.3 is 15.4 Å². The molecule has 0 radical (unpaired) electrons. The molecule has 0 aliphatic carbocycles. The van der Waals surface area contributed by atoms with Gasteiger partial charge in [-0.2, -0.15) is 5.10 Å². The molecule has 0 aliphatic heterocycles. The molecule has 2 rings (SSSR count). The monoisotopic (exact) mass is 386 g/mol. The second-order valence-corrected chi connectivity index (χ2v) is 6.89. The fraction of sp³-hybridized carbons (Fsp3) is 0.400. The molecule has 8 nitrogen and oxygen atoms in total. The van der Waals surface area contributed by atoms with Crippen LogP contribution in [0.1, 0.15) is 49.7 Å². The van der Waals surface area contributed by atoms with E-state index in [1.165, 1.54) is 13.8 Å². The molecule has 1 aromatic carbocycles.